The summed E-state index contributed by atoms with van der Waals surface area (Å²) in [5.74, 6) is -0.115. The third-order valence-electron chi connectivity index (χ3n) is 2.76. The average molecular weight is 339 g/mol. The molecule has 0 heterocycles. The molecule has 0 aromatic heterocycles. The van der Waals surface area contributed by atoms with Crippen molar-refractivity contribution in [1.82, 2.24) is 5.43 Å². The van der Waals surface area contributed by atoms with Crippen LogP contribution < -0.4 is 10.2 Å². The van der Waals surface area contributed by atoms with Crippen molar-refractivity contribution in [2.75, 3.05) is 7.11 Å². The van der Waals surface area contributed by atoms with Crippen molar-refractivity contribution in [3.8, 4) is 11.5 Å². The molecular formula is C15H12Cl2N2O3. The lowest BCUT2D eigenvalue weighted by Gasteiger charge is -2.04. The molecule has 0 fully saturated rings. The number of carbonyl (C=O) groups excluding carboxylic acids is 1. The first kappa shape index (κ1) is 16.1. The van der Waals surface area contributed by atoms with Crippen LogP contribution in [0.5, 0.6) is 11.5 Å². The molecule has 5 nitrogen and oxygen atoms in total. The van der Waals surface area contributed by atoms with E-state index in [1.807, 2.05) is 0 Å². The fraction of sp³-hybridized carbons (Fsp3) is 0.0667. The van der Waals surface area contributed by atoms with Gasteiger partial charge in [0.25, 0.3) is 5.91 Å². The molecule has 0 aliphatic carbocycles. The standard InChI is InChI=1S/C15H12Cl2N2O3/c1-22-14-6-9(2-5-13(14)20)8-18-19-15(21)11-4-3-10(16)7-12(11)17/h2-8,20H,1H3,(H,19,21). The molecule has 2 rings (SSSR count). The van der Waals surface area contributed by atoms with Gasteiger partial charge in [0.1, 0.15) is 0 Å². The molecule has 0 spiro atoms. The van der Waals surface area contributed by atoms with Crippen LogP contribution in [0.2, 0.25) is 10.0 Å². The van der Waals surface area contributed by atoms with Gasteiger partial charge in [-0.2, -0.15) is 5.10 Å². The van der Waals surface area contributed by atoms with Crippen LogP contribution in [0.25, 0.3) is 0 Å². The molecule has 0 aliphatic rings. The van der Waals surface area contributed by atoms with Gasteiger partial charge in [0.15, 0.2) is 11.5 Å². The Labute approximate surface area is 137 Å². The van der Waals surface area contributed by atoms with E-state index in [9.17, 15) is 9.90 Å². The highest BCUT2D eigenvalue weighted by Gasteiger charge is 2.09. The molecule has 114 valence electrons. The highest BCUT2D eigenvalue weighted by Crippen LogP contribution is 2.25. The fourth-order valence-corrected chi connectivity index (χ4v) is 2.17. The van der Waals surface area contributed by atoms with Gasteiger partial charge in [-0.15, -0.1) is 0 Å². The minimum atomic E-state index is -0.455. The fourth-order valence-electron chi connectivity index (χ4n) is 1.67. The Morgan fingerprint density at radius 3 is 2.73 bits per heavy atom. The molecule has 0 atom stereocenters. The average Bonchev–Trinajstić information content (AvgIpc) is 2.48. The van der Waals surface area contributed by atoms with E-state index in [4.69, 9.17) is 27.9 Å². The summed E-state index contributed by atoms with van der Waals surface area (Å²) in [6, 6.07) is 9.24. The second-order valence-electron chi connectivity index (χ2n) is 4.25. The lowest BCUT2D eigenvalue weighted by molar-refractivity contribution is 0.0955. The van der Waals surface area contributed by atoms with E-state index in [1.165, 1.54) is 31.5 Å². The molecule has 22 heavy (non-hydrogen) atoms. The van der Waals surface area contributed by atoms with Crippen LogP contribution >= 0.6 is 23.2 Å². The number of ether oxygens (including phenoxy) is 1. The van der Waals surface area contributed by atoms with Gasteiger partial charge < -0.3 is 9.84 Å². The van der Waals surface area contributed by atoms with E-state index >= 15 is 0 Å². The van der Waals surface area contributed by atoms with E-state index < -0.39 is 5.91 Å². The van der Waals surface area contributed by atoms with Crippen molar-refractivity contribution in [3.63, 3.8) is 0 Å². The minimum absolute atomic E-state index is 0.0247. The number of hydrogen-bond acceptors (Lipinski definition) is 4. The summed E-state index contributed by atoms with van der Waals surface area (Å²) < 4.78 is 4.98. The lowest BCUT2D eigenvalue weighted by atomic mass is 10.2. The number of phenolic OH excluding ortho intramolecular Hbond substituents is 1. The maximum absolute atomic E-state index is 11.9. The number of rotatable bonds is 4. The van der Waals surface area contributed by atoms with Crippen molar-refractivity contribution in [1.29, 1.82) is 0 Å². The molecule has 0 aliphatic heterocycles. The van der Waals surface area contributed by atoms with Crippen LogP contribution in [0.15, 0.2) is 41.5 Å². The monoisotopic (exact) mass is 338 g/mol. The zero-order valence-corrected chi connectivity index (χ0v) is 13.0. The highest BCUT2D eigenvalue weighted by atomic mass is 35.5. The molecule has 0 unspecified atom stereocenters. The first-order chi connectivity index (χ1) is 10.5. The second kappa shape index (κ2) is 7.15. The van der Waals surface area contributed by atoms with Crippen LogP contribution in [-0.2, 0) is 0 Å². The summed E-state index contributed by atoms with van der Waals surface area (Å²) in [6.45, 7) is 0. The molecule has 0 radical (unpaired) electrons. The number of hydrazone groups is 1. The number of hydrogen-bond donors (Lipinski definition) is 2. The molecule has 0 saturated heterocycles. The second-order valence-corrected chi connectivity index (χ2v) is 5.10. The van der Waals surface area contributed by atoms with Crippen LogP contribution in [-0.4, -0.2) is 24.3 Å². The third-order valence-corrected chi connectivity index (χ3v) is 3.31. The van der Waals surface area contributed by atoms with Crippen LogP contribution in [0.1, 0.15) is 15.9 Å². The van der Waals surface area contributed by atoms with Crippen molar-refractivity contribution in [2.45, 2.75) is 0 Å². The summed E-state index contributed by atoms with van der Waals surface area (Å²) in [5, 5.41) is 14.0. The first-order valence-corrected chi connectivity index (χ1v) is 6.92. The minimum Gasteiger partial charge on any atom is -0.504 e. The van der Waals surface area contributed by atoms with Gasteiger partial charge in [-0.1, -0.05) is 23.2 Å². The largest absolute Gasteiger partial charge is 0.504 e. The lowest BCUT2D eigenvalue weighted by Crippen LogP contribution is -2.18. The van der Waals surface area contributed by atoms with Crippen molar-refractivity contribution in [3.05, 3.63) is 57.6 Å². The Bertz CT molecular complexity index is 733. The zero-order chi connectivity index (χ0) is 16.1. The number of halogens is 2. The molecule has 1 amide bonds. The summed E-state index contributed by atoms with van der Waals surface area (Å²) in [6.07, 6.45) is 1.42. The van der Waals surface area contributed by atoms with E-state index in [0.29, 0.717) is 16.3 Å². The number of carbonyl (C=O) groups is 1. The predicted octanol–water partition coefficient (Wildman–Crippen LogP) is 3.47. The van der Waals surface area contributed by atoms with E-state index in [0.717, 1.165) is 0 Å². The van der Waals surface area contributed by atoms with Gasteiger partial charge in [0.05, 0.1) is 23.9 Å². The number of methoxy groups -OCH3 is 1. The highest BCUT2D eigenvalue weighted by molar-refractivity contribution is 6.36. The number of nitrogens with one attached hydrogen (secondary N) is 1. The quantitative estimate of drug-likeness (QED) is 0.662. The molecule has 7 heteroatoms. The van der Waals surface area contributed by atoms with E-state index in [2.05, 4.69) is 10.5 Å². The summed E-state index contributed by atoms with van der Waals surface area (Å²) in [7, 11) is 1.44. The van der Waals surface area contributed by atoms with E-state index in [-0.39, 0.29) is 16.3 Å². The van der Waals surface area contributed by atoms with Crippen LogP contribution in [0.4, 0.5) is 0 Å². The number of amides is 1. The molecule has 2 aromatic carbocycles. The Kier molecular flexibility index (Phi) is 5.25. The summed E-state index contributed by atoms with van der Waals surface area (Å²) >= 11 is 11.7. The number of aromatic hydroxyl groups is 1. The van der Waals surface area contributed by atoms with Crippen LogP contribution in [0.3, 0.4) is 0 Å². The number of nitrogens with zero attached hydrogens (tertiary/aromatic N) is 1. The SMILES string of the molecule is COc1cc(C=NNC(=O)c2ccc(Cl)cc2Cl)ccc1O. The maximum atomic E-state index is 11.9. The number of benzene rings is 2. The Hall–Kier alpha value is -2.24. The first-order valence-electron chi connectivity index (χ1n) is 6.16. The van der Waals surface area contributed by atoms with Gasteiger partial charge in [-0.3, -0.25) is 4.79 Å². The maximum Gasteiger partial charge on any atom is 0.272 e. The smallest absolute Gasteiger partial charge is 0.272 e. The number of phenols is 1. The zero-order valence-electron chi connectivity index (χ0n) is 11.5. The summed E-state index contributed by atoms with van der Waals surface area (Å²) in [4.78, 5) is 11.9. The topological polar surface area (TPSA) is 70.9 Å². The van der Waals surface area contributed by atoms with Crippen LogP contribution in [0, 0.1) is 0 Å². The summed E-state index contributed by atoms with van der Waals surface area (Å²) in [5.41, 5.74) is 3.28. The predicted molar refractivity (Wildman–Crippen MR) is 86.2 cm³/mol. The van der Waals surface area contributed by atoms with E-state index in [1.54, 1.807) is 18.2 Å². The van der Waals surface area contributed by atoms with Crippen molar-refractivity contribution >= 4 is 35.3 Å². The van der Waals surface area contributed by atoms with Gasteiger partial charge in [0.2, 0.25) is 0 Å². The molecule has 0 bridgehead atoms. The van der Waals surface area contributed by atoms with Gasteiger partial charge in [0, 0.05) is 5.02 Å². The third kappa shape index (κ3) is 3.90. The molecule has 2 N–H and O–H groups in total. The van der Waals surface area contributed by atoms with Crippen molar-refractivity contribution < 1.29 is 14.6 Å². The molecule has 0 saturated carbocycles. The normalized spacial score (nSPS) is 10.7. The van der Waals surface area contributed by atoms with Crippen molar-refractivity contribution in [2.24, 2.45) is 5.10 Å². The van der Waals surface area contributed by atoms with Gasteiger partial charge in [-0.25, -0.2) is 5.43 Å². The van der Waals surface area contributed by atoms with Gasteiger partial charge in [-0.05, 0) is 42.0 Å². The Morgan fingerprint density at radius 1 is 1.27 bits per heavy atom. The van der Waals surface area contributed by atoms with Gasteiger partial charge >= 0.3 is 0 Å². The molecular weight excluding hydrogens is 327 g/mol. The molecule has 2 aromatic rings. The Morgan fingerprint density at radius 2 is 2.05 bits per heavy atom. The Balaban J connectivity index is 2.07.